The van der Waals surface area contributed by atoms with Gasteiger partial charge in [-0.05, 0) is 83.0 Å². The normalized spacial score (nSPS) is 12.2. The van der Waals surface area contributed by atoms with E-state index in [1.54, 1.807) is 0 Å². The molecule has 0 aliphatic heterocycles. The summed E-state index contributed by atoms with van der Waals surface area (Å²) in [4.78, 5) is 0. The summed E-state index contributed by atoms with van der Waals surface area (Å²) in [5.41, 5.74) is 4.12. The Labute approximate surface area is 286 Å². The SMILES string of the molecule is CC(C)=CCCC(C)=CC=CC(C)=CC[P+](c1ccccc1)(c1ccccc1)c1ccccc1.F[B-](F)(F)F.F[B-](F)(F)F.F[B-](F)(F)F.O. The van der Waals surface area contributed by atoms with Gasteiger partial charge in [0.15, 0.2) is 0 Å². The minimum Gasteiger partial charge on any atom is -0.418 e. The molecular weight excluding hydrogens is 704 g/mol. The molecular formula is C33H40B3F12OP-2. The molecule has 0 radical (unpaired) electrons. The highest BCUT2D eigenvalue weighted by molar-refractivity contribution is 7.95. The molecule has 0 heterocycles. The van der Waals surface area contributed by atoms with Gasteiger partial charge in [0.05, 0.1) is 6.16 Å². The highest BCUT2D eigenvalue weighted by atomic mass is 31.2. The van der Waals surface area contributed by atoms with E-state index in [0.29, 0.717) is 0 Å². The lowest BCUT2D eigenvalue weighted by Gasteiger charge is -2.26. The molecule has 0 saturated heterocycles. The average molecular weight is 744 g/mol. The van der Waals surface area contributed by atoms with Gasteiger partial charge >= 0.3 is 21.8 Å². The van der Waals surface area contributed by atoms with Crippen LogP contribution in [0.25, 0.3) is 0 Å². The third-order valence-corrected chi connectivity index (χ3v) is 10.4. The molecule has 0 spiro atoms. The second-order valence-corrected chi connectivity index (χ2v) is 14.2. The molecule has 3 rings (SSSR count). The van der Waals surface area contributed by atoms with Gasteiger partial charge in [-0.3, -0.25) is 0 Å². The number of hydrogen-bond acceptors (Lipinski definition) is 0. The van der Waals surface area contributed by atoms with Gasteiger partial charge in [-0.25, -0.2) is 0 Å². The lowest BCUT2D eigenvalue weighted by Crippen LogP contribution is -2.33. The van der Waals surface area contributed by atoms with E-state index in [-0.39, 0.29) is 5.48 Å². The summed E-state index contributed by atoms with van der Waals surface area (Å²) < 4.78 is 117. The van der Waals surface area contributed by atoms with Crippen molar-refractivity contribution in [3.63, 3.8) is 0 Å². The average Bonchev–Trinajstić information content (AvgIpc) is 2.96. The minimum absolute atomic E-state index is 0. The molecule has 0 aromatic heterocycles. The van der Waals surface area contributed by atoms with Crippen LogP contribution in [0.15, 0.2) is 138 Å². The van der Waals surface area contributed by atoms with Crippen LogP contribution in [0.1, 0.15) is 40.5 Å². The third-order valence-electron chi connectivity index (χ3n) is 6.11. The highest BCUT2D eigenvalue weighted by Crippen LogP contribution is 2.55. The lowest BCUT2D eigenvalue weighted by atomic mass is 10.1. The Balaban J connectivity index is 0. The Morgan fingerprint density at radius 1 is 0.540 bits per heavy atom. The van der Waals surface area contributed by atoms with Crippen molar-refractivity contribution < 1.29 is 57.3 Å². The first kappa shape index (κ1) is 48.5. The maximum Gasteiger partial charge on any atom is 0.673 e. The predicted molar refractivity (Wildman–Crippen MR) is 190 cm³/mol. The van der Waals surface area contributed by atoms with Gasteiger partial charge in [0, 0.05) is 0 Å². The molecule has 1 nitrogen and oxygen atoms in total. The second kappa shape index (κ2) is 23.7. The zero-order chi connectivity index (χ0) is 37.7. The number of hydrogen-bond donors (Lipinski definition) is 0. The summed E-state index contributed by atoms with van der Waals surface area (Å²) in [6.45, 7) is 8.77. The van der Waals surface area contributed by atoms with Crippen molar-refractivity contribution >= 4 is 44.9 Å². The summed E-state index contributed by atoms with van der Waals surface area (Å²) in [5.74, 6) is 0. The molecule has 0 amide bonds. The van der Waals surface area contributed by atoms with E-state index in [4.69, 9.17) is 0 Å². The van der Waals surface area contributed by atoms with Crippen LogP contribution in [0.2, 0.25) is 0 Å². The van der Waals surface area contributed by atoms with Gasteiger partial charge in [-0.2, -0.15) is 0 Å². The summed E-state index contributed by atoms with van der Waals surface area (Å²) in [6.07, 6.45) is 14.7. The Bertz CT molecular complexity index is 1310. The Morgan fingerprint density at radius 2 is 0.860 bits per heavy atom. The molecule has 0 atom stereocenters. The lowest BCUT2D eigenvalue weighted by molar-refractivity contribution is 0.366. The molecule has 0 bridgehead atoms. The summed E-state index contributed by atoms with van der Waals surface area (Å²) in [7, 11) is -19.8. The van der Waals surface area contributed by atoms with Crippen LogP contribution in [-0.2, 0) is 0 Å². The zero-order valence-electron chi connectivity index (χ0n) is 27.9. The monoisotopic (exact) mass is 744 g/mol. The van der Waals surface area contributed by atoms with Gasteiger partial charge in [0.1, 0.15) is 23.2 Å². The van der Waals surface area contributed by atoms with E-state index in [9.17, 15) is 51.8 Å². The molecule has 0 unspecified atom stereocenters. The van der Waals surface area contributed by atoms with Gasteiger partial charge in [0.25, 0.3) is 0 Å². The number of halogens is 12. The molecule has 3 aromatic rings. The molecule has 2 N–H and O–H groups in total. The van der Waals surface area contributed by atoms with Crippen LogP contribution < -0.4 is 15.9 Å². The van der Waals surface area contributed by atoms with Gasteiger partial charge in [0.2, 0.25) is 0 Å². The van der Waals surface area contributed by atoms with Gasteiger partial charge < -0.3 is 57.3 Å². The first-order valence-electron chi connectivity index (χ1n) is 14.8. The van der Waals surface area contributed by atoms with E-state index >= 15 is 0 Å². The molecule has 0 aliphatic carbocycles. The van der Waals surface area contributed by atoms with Crippen molar-refractivity contribution in [1.82, 2.24) is 0 Å². The van der Waals surface area contributed by atoms with E-state index in [1.165, 1.54) is 32.6 Å². The largest absolute Gasteiger partial charge is 0.673 e. The smallest absolute Gasteiger partial charge is 0.418 e. The van der Waals surface area contributed by atoms with E-state index < -0.39 is 29.0 Å². The predicted octanol–water partition coefficient (Wildman–Crippen LogP) is 11.3. The van der Waals surface area contributed by atoms with Crippen molar-refractivity contribution in [3.8, 4) is 0 Å². The number of allylic oxidation sites excluding steroid dienone is 8. The van der Waals surface area contributed by atoms with E-state index in [0.717, 1.165) is 19.0 Å². The molecule has 50 heavy (non-hydrogen) atoms. The quantitative estimate of drug-likeness (QED) is 0.0651. The molecule has 0 fully saturated rings. The molecule has 278 valence electrons. The zero-order valence-corrected chi connectivity index (χ0v) is 28.8. The van der Waals surface area contributed by atoms with Crippen molar-refractivity contribution in [1.29, 1.82) is 0 Å². The molecule has 3 aromatic carbocycles. The topological polar surface area (TPSA) is 31.5 Å². The van der Waals surface area contributed by atoms with Crippen LogP contribution in [0, 0.1) is 0 Å². The summed E-state index contributed by atoms with van der Waals surface area (Å²) in [6, 6.07) is 33.3. The number of rotatable bonds is 10. The fourth-order valence-electron chi connectivity index (χ4n) is 4.20. The fourth-order valence-corrected chi connectivity index (χ4v) is 8.33. The Kier molecular flexibility index (Phi) is 23.0. The minimum atomic E-state index is -6.00. The number of benzene rings is 3. The summed E-state index contributed by atoms with van der Waals surface area (Å²) in [5, 5.41) is 4.28. The Hall–Kier alpha value is -3.64. The fraction of sp³-hybridized carbons (Fsp3) is 0.212. The molecule has 0 aliphatic rings. The van der Waals surface area contributed by atoms with Gasteiger partial charge in [-0.1, -0.05) is 95.6 Å². The van der Waals surface area contributed by atoms with Crippen LogP contribution in [-0.4, -0.2) is 33.4 Å². The van der Waals surface area contributed by atoms with Crippen molar-refractivity contribution in [2.24, 2.45) is 0 Å². The Morgan fingerprint density at radius 3 is 1.16 bits per heavy atom. The molecule has 0 saturated carbocycles. The van der Waals surface area contributed by atoms with Crippen LogP contribution in [0.4, 0.5) is 51.8 Å². The van der Waals surface area contributed by atoms with Gasteiger partial charge in [-0.15, -0.1) is 0 Å². The third kappa shape index (κ3) is 26.3. The maximum absolute atomic E-state index is 9.75. The first-order chi connectivity index (χ1) is 22.5. The second-order valence-electron chi connectivity index (χ2n) is 10.6. The van der Waals surface area contributed by atoms with Crippen LogP contribution in [0.3, 0.4) is 0 Å². The van der Waals surface area contributed by atoms with E-state index in [2.05, 4.69) is 149 Å². The molecule has 17 heteroatoms. The summed E-state index contributed by atoms with van der Waals surface area (Å²) >= 11 is 0. The van der Waals surface area contributed by atoms with Crippen LogP contribution in [0.5, 0.6) is 0 Å². The highest BCUT2D eigenvalue weighted by Gasteiger charge is 2.44. The van der Waals surface area contributed by atoms with Crippen molar-refractivity contribution in [3.05, 3.63) is 138 Å². The maximum atomic E-state index is 9.75. The van der Waals surface area contributed by atoms with Crippen molar-refractivity contribution in [2.45, 2.75) is 40.5 Å². The van der Waals surface area contributed by atoms with E-state index in [1.807, 2.05) is 0 Å². The van der Waals surface area contributed by atoms with Crippen molar-refractivity contribution in [2.75, 3.05) is 6.16 Å². The van der Waals surface area contributed by atoms with Crippen LogP contribution >= 0.6 is 7.26 Å². The first-order valence-corrected chi connectivity index (χ1v) is 16.8. The standard InChI is InChI=1S/C33H38P.3BF4.H2O/c1-28(2)16-14-17-29(3)18-15-19-30(4)26-27-34(31-20-8-5-9-21-31,32-22-10-6-11-23-32)33-24-12-7-13-25-33;3*2-1(3,4)5;/h5-13,15-16,18-26H,14,17,27H2,1-4H3;;;;1H2/q+1;3*-1;.